The Kier molecular flexibility index (Phi) is 6.27. The van der Waals surface area contributed by atoms with E-state index in [0.717, 1.165) is 25.7 Å². The van der Waals surface area contributed by atoms with E-state index in [0.29, 0.717) is 18.4 Å². The fourth-order valence-corrected chi connectivity index (χ4v) is 3.10. The van der Waals surface area contributed by atoms with Crippen LogP contribution in [0.25, 0.3) is 6.08 Å². The van der Waals surface area contributed by atoms with E-state index in [4.69, 9.17) is 4.74 Å². The van der Waals surface area contributed by atoms with Crippen LogP contribution >= 0.6 is 0 Å². The molecule has 1 amide bonds. The first-order chi connectivity index (χ1) is 12.0. The van der Waals surface area contributed by atoms with Gasteiger partial charge in [0, 0.05) is 18.2 Å². The normalized spacial score (nSPS) is 16.8. The molecule has 0 heterocycles. The molecule has 1 aromatic carbocycles. The Morgan fingerprint density at radius 1 is 1.24 bits per heavy atom. The Morgan fingerprint density at radius 3 is 2.52 bits per heavy atom. The minimum absolute atomic E-state index is 0.0441. The number of nitro benzene ring substituents is 1. The number of nitrogens with zero attached hydrogens (tertiary/aromatic N) is 1. The standard InChI is InChI=1S/C18H22N2O5/c1-25-17(22)18(11-4-2-3-5-12-18)19-16(21)10-9-14-7-6-8-15(13-14)20(23)24/h6-10,13H,2-5,11-12H2,1H3,(H,19,21). The second kappa shape index (κ2) is 8.41. The van der Waals surface area contributed by atoms with Crippen molar-refractivity contribution in [1.29, 1.82) is 0 Å². The van der Waals surface area contributed by atoms with Gasteiger partial charge in [-0.3, -0.25) is 14.9 Å². The third kappa shape index (κ3) is 4.89. The second-order valence-electron chi connectivity index (χ2n) is 6.16. The topological polar surface area (TPSA) is 98.5 Å². The van der Waals surface area contributed by atoms with Crippen LogP contribution in [0.4, 0.5) is 5.69 Å². The SMILES string of the molecule is COC(=O)C1(NC(=O)C=Cc2cccc([N+](=O)[O-])c2)CCCCCC1. The van der Waals surface area contributed by atoms with E-state index >= 15 is 0 Å². The van der Waals surface area contributed by atoms with Crippen molar-refractivity contribution in [2.45, 2.75) is 44.1 Å². The molecule has 7 heteroatoms. The summed E-state index contributed by atoms with van der Waals surface area (Å²) >= 11 is 0. The molecule has 0 atom stereocenters. The Hall–Kier alpha value is -2.70. The molecule has 1 saturated carbocycles. The molecule has 0 saturated heterocycles. The van der Waals surface area contributed by atoms with E-state index in [2.05, 4.69) is 5.32 Å². The van der Waals surface area contributed by atoms with E-state index in [-0.39, 0.29) is 5.69 Å². The van der Waals surface area contributed by atoms with Gasteiger partial charge < -0.3 is 10.1 Å². The van der Waals surface area contributed by atoms with Crippen molar-refractivity contribution in [3.05, 3.63) is 46.0 Å². The summed E-state index contributed by atoms with van der Waals surface area (Å²) in [5.41, 5.74) is -0.496. The number of carbonyl (C=O) groups is 2. The van der Waals surface area contributed by atoms with Gasteiger partial charge in [-0.15, -0.1) is 0 Å². The van der Waals surface area contributed by atoms with Crippen molar-refractivity contribution < 1.29 is 19.2 Å². The van der Waals surface area contributed by atoms with Crippen LogP contribution in [-0.4, -0.2) is 29.4 Å². The van der Waals surface area contributed by atoms with Gasteiger partial charge in [-0.1, -0.05) is 37.8 Å². The van der Waals surface area contributed by atoms with E-state index < -0.39 is 22.3 Å². The van der Waals surface area contributed by atoms with Crippen LogP contribution in [0.15, 0.2) is 30.3 Å². The summed E-state index contributed by atoms with van der Waals surface area (Å²) in [6.07, 6.45) is 7.63. The van der Waals surface area contributed by atoms with Crippen LogP contribution in [0.3, 0.4) is 0 Å². The fraction of sp³-hybridized carbons (Fsp3) is 0.444. The van der Waals surface area contributed by atoms with E-state index in [9.17, 15) is 19.7 Å². The molecule has 2 rings (SSSR count). The number of nitro groups is 1. The van der Waals surface area contributed by atoms with Crippen LogP contribution in [0, 0.1) is 10.1 Å². The Morgan fingerprint density at radius 2 is 1.92 bits per heavy atom. The molecular formula is C18H22N2O5. The highest BCUT2D eigenvalue weighted by atomic mass is 16.6. The predicted octanol–water partition coefficient (Wildman–Crippen LogP) is 2.99. The molecule has 1 fully saturated rings. The lowest BCUT2D eigenvalue weighted by Gasteiger charge is -2.30. The Balaban J connectivity index is 2.11. The highest BCUT2D eigenvalue weighted by Crippen LogP contribution is 2.28. The molecule has 1 aliphatic rings. The molecule has 0 aliphatic heterocycles. The lowest BCUT2D eigenvalue weighted by Crippen LogP contribution is -2.54. The van der Waals surface area contributed by atoms with E-state index in [1.165, 1.54) is 31.4 Å². The highest BCUT2D eigenvalue weighted by molar-refractivity contribution is 5.96. The smallest absolute Gasteiger partial charge is 0.331 e. The van der Waals surface area contributed by atoms with Crippen LogP contribution in [0.5, 0.6) is 0 Å². The maximum atomic E-state index is 12.3. The van der Waals surface area contributed by atoms with Crippen LogP contribution < -0.4 is 5.32 Å². The molecule has 1 N–H and O–H groups in total. The largest absolute Gasteiger partial charge is 0.467 e. The molecule has 0 radical (unpaired) electrons. The number of nitrogens with one attached hydrogen (secondary N) is 1. The van der Waals surface area contributed by atoms with Gasteiger partial charge in [-0.05, 0) is 24.5 Å². The number of rotatable bonds is 5. The van der Waals surface area contributed by atoms with Gasteiger partial charge in [-0.25, -0.2) is 4.79 Å². The average Bonchev–Trinajstić information content (AvgIpc) is 2.86. The Labute approximate surface area is 146 Å². The molecule has 1 aromatic rings. The molecule has 134 valence electrons. The number of non-ortho nitro benzene ring substituents is 1. The lowest BCUT2D eigenvalue weighted by atomic mass is 9.90. The summed E-state index contributed by atoms with van der Waals surface area (Å²) in [7, 11) is 1.32. The number of hydrogen-bond donors (Lipinski definition) is 1. The maximum absolute atomic E-state index is 12.3. The van der Waals surface area contributed by atoms with Crippen LogP contribution in [0.2, 0.25) is 0 Å². The zero-order valence-corrected chi connectivity index (χ0v) is 14.2. The van der Waals surface area contributed by atoms with Gasteiger partial charge >= 0.3 is 5.97 Å². The van der Waals surface area contributed by atoms with E-state index in [1.807, 2.05) is 0 Å². The number of ether oxygens (including phenoxy) is 1. The summed E-state index contributed by atoms with van der Waals surface area (Å²) < 4.78 is 4.90. The van der Waals surface area contributed by atoms with Gasteiger partial charge in [0.05, 0.1) is 12.0 Å². The fourth-order valence-electron chi connectivity index (χ4n) is 3.10. The van der Waals surface area contributed by atoms with Crippen molar-refractivity contribution in [3.8, 4) is 0 Å². The third-order valence-electron chi connectivity index (χ3n) is 4.40. The molecular weight excluding hydrogens is 324 g/mol. The summed E-state index contributed by atoms with van der Waals surface area (Å²) in [6, 6.07) is 5.98. The number of hydrogen-bond acceptors (Lipinski definition) is 5. The molecule has 0 unspecified atom stereocenters. The number of methoxy groups -OCH3 is 1. The van der Waals surface area contributed by atoms with Gasteiger partial charge in [-0.2, -0.15) is 0 Å². The number of benzene rings is 1. The summed E-state index contributed by atoms with van der Waals surface area (Å²) in [5, 5.41) is 13.6. The van der Waals surface area contributed by atoms with Crippen molar-refractivity contribution in [2.75, 3.05) is 7.11 Å². The molecule has 1 aliphatic carbocycles. The van der Waals surface area contributed by atoms with Crippen LogP contribution in [-0.2, 0) is 14.3 Å². The third-order valence-corrected chi connectivity index (χ3v) is 4.40. The molecule has 0 bridgehead atoms. The molecule has 0 aromatic heterocycles. The molecule has 7 nitrogen and oxygen atoms in total. The predicted molar refractivity (Wildman–Crippen MR) is 92.7 cm³/mol. The monoisotopic (exact) mass is 346 g/mol. The lowest BCUT2D eigenvalue weighted by molar-refractivity contribution is -0.384. The van der Waals surface area contributed by atoms with Gasteiger partial charge in [0.25, 0.3) is 5.69 Å². The van der Waals surface area contributed by atoms with Gasteiger partial charge in [0.1, 0.15) is 5.54 Å². The molecule has 25 heavy (non-hydrogen) atoms. The van der Waals surface area contributed by atoms with E-state index in [1.54, 1.807) is 12.1 Å². The zero-order valence-electron chi connectivity index (χ0n) is 14.2. The molecule has 0 spiro atoms. The first-order valence-electron chi connectivity index (χ1n) is 8.30. The summed E-state index contributed by atoms with van der Waals surface area (Å²) in [6.45, 7) is 0. The number of carbonyl (C=O) groups excluding carboxylic acids is 2. The summed E-state index contributed by atoms with van der Waals surface area (Å²) in [4.78, 5) is 34.8. The van der Waals surface area contributed by atoms with Crippen molar-refractivity contribution >= 4 is 23.6 Å². The number of amides is 1. The van der Waals surface area contributed by atoms with Gasteiger partial charge in [0.15, 0.2) is 0 Å². The highest BCUT2D eigenvalue weighted by Gasteiger charge is 2.40. The minimum atomic E-state index is -0.991. The second-order valence-corrected chi connectivity index (χ2v) is 6.16. The van der Waals surface area contributed by atoms with Crippen molar-refractivity contribution in [1.82, 2.24) is 5.32 Å². The maximum Gasteiger partial charge on any atom is 0.331 e. The minimum Gasteiger partial charge on any atom is -0.467 e. The van der Waals surface area contributed by atoms with Crippen molar-refractivity contribution in [3.63, 3.8) is 0 Å². The first kappa shape index (κ1) is 18.6. The Bertz CT molecular complexity index is 676. The zero-order chi connectivity index (χ0) is 18.3. The quantitative estimate of drug-likeness (QED) is 0.290. The van der Waals surface area contributed by atoms with Crippen LogP contribution in [0.1, 0.15) is 44.1 Å². The van der Waals surface area contributed by atoms with Crippen molar-refractivity contribution in [2.24, 2.45) is 0 Å². The first-order valence-corrected chi connectivity index (χ1v) is 8.30. The van der Waals surface area contributed by atoms with Gasteiger partial charge in [0.2, 0.25) is 5.91 Å². The average molecular weight is 346 g/mol. The number of esters is 1. The summed E-state index contributed by atoms with van der Waals surface area (Å²) in [5.74, 6) is -0.842.